The molecule has 0 spiro atoms. The van der Waals surface area contributed by atoms with Crippen molar-refractivity contribution < 1.29 is 9.53 Å². The van der Waals surface area contributed by atoms with Gasteiger partial charge in [-0.3, -0.25) is 4.79 Å². The van der Waals surface area contributed by atoms with Gasteiger partial charge in [-0.2, -0.15) is 0 Å². The van der Waals surface area contributed by atoms with Crippen molar-refractivity contribution in [2.75, 3.05) is 0 Å². The first kappa shape index (κ1) is 12.2. The number of ether oxygens (including phenoxy) is 1. The molecule has 0 aromatic heterocycles. The zero-order valence-corrected chi connectivity index (χ0v) is 11.5. The number of rotatable bonds is 1. The number of carbonyl (C=O) groups is 1. The lowest BCUT2D eigenvalue weighted by atomic mass is 9.83. The molecule has 0 saturated heterocycles. The molecule has 2 nitrogen and oxygen atoms in total. The van der Waals surface area contributed by atoms with Gasteiger partial charge in [-0.1, -0.05) is 60.7 Å². The largest absolute Gasteiger partial charge is 0.426 e. The lowest BCUT2D eigenvalue weighted by Crippen LogP contribution is -2.21. The average Bonchev–Trinajstić information content (AvgIpc) is 2.54. The third-order valence-electron chi connectivity index (χ3n) is 4.08. The summed E-state index contributed by atoms with van der Waals surface area (Å²) in [6.45, 7) is 0. The van der Waals surface area contributed by atoms with Crippen molar-refractivity contribution in [2.24, 2.45) is 0 Å². The Morgan fingerprint density at radius 1 is 0.857 bits per heavy atom. The van der Waals surface area contributed by atoms with Crippen LogP contribution in [-0.2, 0) is 4.79 Å². The van der Waals surface area contributed by atoms with E-state index >= 15 is 0 Å². The highest BCUT2D eigenvalue weighted by molar-refractivity contribution is 5.92. The van der Waals surface area contributed by atoms with Gasteiger partial charge in [0.1, 0.15) is 5.75 Å². The lowest BCUT2D eigenvalue weighted by Gasteiger charge is -2.26. The molecule has 0 bridgehead atoms. The highest BCUT2D eigenvalue weighted by Crippen LogP contribution is 2.42. The van der Waals surface area contributed by atoms with Gasteiger partial charge in [0.15, 0.2) is 0 Å². The van der Waals surface area contributed by atoms with Crippen LogP contribution >= 0.6 is 0 Å². The normalized spacial score (nSPS) is 17.3. The molecule has 3 aromatic rings. The molecule has 0 aliphatic carbocycles. The summed E-state index contributed by atoms with van der Waals surface area (Å²) >= 11 is 0. The first-order chi connectivity index (χ1) is 10.3. The van der Waals surface area contributed by atoms with Gasteiger partial charge in [-0.05, 0) is 22.4 Å². The third kappa shape index (κ3) is 2.00. The van der Waals surface area contributed by atoms with E-state index in [1.54, 1.807) is 0 Å². The van der Waals surface area contributed by atoms with Crippen molar-refractivity contribution in [1.29, 1.82) is 0 Å². The summed E-state index contributed by atoms with van der Waals surface area (Å²) in [5.41, 5.74) is 2.28. The predicted octanol–water partition coefficient (Wildman–Crippen LogP) is 4.28. The maximum Gasteiger partial charge on any atom is 0.312 e. The van der Waals surface area contributed by atoms with Gasteiger partial charge in [-0.15, -0.1) is 0 Å². The van der Waals surface area contributed by atoms with Gasteiger partial charge in [0.2, 0.25) is 0 Å². The summed E-state index contributed by atoms with van der Waals surface area (Å²) in [7, 11) is 0. The van der Waals surface area contributed by atoms with Crippen LogP contribution in [0.2, 0.25) is 0 Å². The second kappa shape index (κ2) is 4.74. The Kier molecular flexibility index (Phi) is 2.74. The van der Waals surface area contributed by atoms with E-state index in [1.165, 1.54) is 5.39 Å². The number of hydrogen-bond acceptors (Lipinski definition) is 2. The first-order valence-electron chi connectivity index (χ1n) is 7.10. The van der Waals surface area contributed by atoms with E-state index in [-0.39, 0.29) is 11.9 Å². The van der Waals surface area contributed by atoms with Crippen LogP contribution in [0.1, 0.15) is 23.5 Å². The van der Waals surface area contributed by atoms with Crippen LogP contribution in [0.5, 0.6) is 5.75 Å². The summed E-state index contributed by atoms with van der Waals surface area (Å²) in [6, 6.07) is 22.3. The number of fused-ring (bicyclic) bond motifs is 3. The molecule has 3 aromatic carbocycles. The van der Waals surface area contributed by atoms with Crippen molar-refractivity contribution in [3.05, 3.63) is 77.9 Å². The number of hydrogen-bond donors (Lipinski definition) is 0. The Bertz CT molecular complexity index is 821. The molecule has 0 N–H and O–H groups in total. The molecular weight excluding hydrogens is 260 g/mol. The van der Waals surface area contributed by atoms with Crippen LogP contribution in [0.4, 0.5) is 0 Å². The Morgan fingerprint density at radius 3 is 2.48 bits per heavy atom. The second-order valence-corrected chi connectivity index (χ2v) is 5.34. The summed E-state index contributed by atoms with van der Waals surface area (Å²) in [5, 5.41) is 2.34. The Morgan fingerprint density at radius 2 is 1.62 bits per heavy atom. The van der Waals surface area contributed by atoms with Gasteiger partial charge in [0.05, 0.1) is 6.42 Å². The SMILES string of the molecule is O=C1C[C@@H](c2ccccc2)c2c(ccc3ccccc23)O1. The first-order valence-corrected chi connectivity index (χ1v) is 7.10. The second-order valence-electron chi connectivity index (χ2n) is 5.34. The maximum absolute atomic E-state index is 11.9. The minimum absolute atomic E-state index is 0.0635. The van der Waals surface area contributed by atoms with E-state index in [9.17, 15) is 4.79 Å². The molecule has 0 radical (unpaired) electrons. The molecule has 102 valence electrons. The van der Waals surface area contributed by atoms with Gasteiger partial charge in [0.25, 0.3) is 0 Å². The summed E-state index contributed by atoms with van der Waals surface area (Å²) in [4.78, 5) is 11.9. The maximum atomic E-state index is 11.9. The van der Waals surface area contributed by atoms with Crippen molar-refractivity contribution >= 4 is 16.7 Å². The van der Waals surface area contributed by atoms with Crippen LogP contribution in [0.25, 0.3) is 10.8 Å². The minimum atomic E-state index is -0.161. The van der Waals surface area contributed by atoms with E-state index < -0.39 is 0 Å². The molecule has 0 amide bonds. The molecule has 0 fully saturated rings. The summed E-state index contributed by atoms with van der Waals surface area (Å²) in [5.74, 6) is 0.596. The molecule has 21 heavy (non-hydrogen) atoms. The molecular formula is C19H14O2. The number of esters is 1. The van der Waals surface area contributed by atoms with E-state index in [4.69, 9.17) is 4.74 Å². The highest BCUT2D eigenvalue weighted by atomic mass is 16.5. The van der Waals surface area contributed by atoms with E-state index in [0.29, 0.717) is 12.2 Å². The molecule has 1 atom stereocenters. The van der Waals surface area contributed by atoms with Gasteiger partial charge < -0.3 is 4.74 Å². The number of carbonyl (C=O) groups excluding carboxylic acids is 1. The van der Waals surface area contributed by atoms with Crippen molar-refractivity contribution in [3.8, 4) is 5.75 Å². The van der Waals surface area contributed by atoms with Crippen LogP contribution in [0, 0.1) is 0 Å². The van der Waals surface area contributed by atoms with E-state index in [1.807, 2.05) is 42.5 Å². The van der Waals surface area contributed by atoms with Crippen LogP contribution in [-0.4, -0.2) is 5.97 Å². The minimum Gasteiger partial charge on any atom is -0.426 e. The van der Waals surface area contributed by atoms with Crippen LogP contribution < -0.4 is 4.74 Å². The van der Waals surface area contributed by atoms with Gasteiger partial charge in [0, 0.05) is 11.5 Å². The van der Waals surface area contributed by atoms with Crippen molar-refractivity contribution in [3.63, 3.8) is 0 Å². The standard InChI is InChI=1S/C19H14O2/c20-18-12-16(13-6-2-1-3-7-13)19-15-9-5-4-8-14(15)10-11-17(19)21-18/h1-11,16H,12H2/t16-/m0/s1. The topological polar surface area (TPSA) is 26.3 Å². The predicted molar refractivity (Wildman–Crippen MR) is 82.5 cm³/mol. The average molecular weight is 274 g/mol. The zero-order valence-electron chi connectivity index (χ0n) is 11.5. The Balaban J connectivity index is 2.00. The van der Waals surface area contributed by atoms with E-state index in [0.717, 1.165) is 16.5 Å². The smallest absolute Gasteiger partial charge is 0.312 e. The molecule has 1 heterocycles. The van der Waals surface area contributed by atoms with E-state index in [2.05, 4.69) is 24.3 Å². The monoisotopic (exact) mass is 274 g/mol. The number of benzene rings is 3. The molecule has 2 heteroatoms. The molecule has 4 rings (SSSR count). The molecule has 0 unspecified atom stereocenters. The fourth-order valence-electron chi connectivity index (χ4n) is 3.13. The summed E-state index contributed by atoms with van der Waals surface area (Å²) in [6.07, 6.45) is 0.394. The Hall–Kier alpha value is -2.61. The van der Waals surface area contributed by atoms with Gasteiger partial charge in [-0.25, -0.2) is 0 Å². The quantitative estimate of drug-likeness (QED) is 0.489. The molecule has 1 aliphatic heterocycles. The fraction of sp³-hybridized carbons (Fsp3) is 0.105. The lowest BCUT2D eigenvalue weighted by molar-refractivity contribution is -0.135. The highest BCUT2D eigenvalue weighted by Gasteiger charge is 2.29. The van der Waals surface area contributed by atoms with Crippen LogP contribution in [0.15, 0.2) is 66.7 Å². The zero-order chi connectivity index (χ0) is 14.2. The van der Waals surface area contributed by atoms with Crippen molar-refractivity contribution in [1.82, 2.24) is 0 Å². The third-order valence-corrected chi connectivity index (χ3v) is 4.08. The summed E-state index contributed by atoms with van der Waals surface area (Å²) < 4.78 is 5.45. The Labute approximate surface area is 123 Å². The molecule has 0 saturated carbocycles. The fourth-order valence-corrected chi connectivity index (χ4v) is 3.13. The van der Waals surface area contributed by atoms with Crippen molar-refractivity contribution in [2.45, 2.75) is 12.3 Å². The molecule has 1 aliphatic rings. The van der Waals surface area contributed by atoms with Crippen LogP contribution in [0.3, 0.4) is 0 Å². The van der Waals surface area contributed by atoms with Gasteiger partial charge >= 0.3 is 5.97 Å².